The van der Waals surface area contributed by atoms with Gasteiger partial charge in [0, 0.05) is 25.6 Å². The van der Waals surface area contributed by atoms with Crippen LogP contribution < -0.4 is 4.90 Å². The molecule has 3 aromatic rings. The number of methoxy groups -OCH3 is 1. The van der Waals surface area contributed by atoms with Gasteiger partial charge in [0.25, 0.3) is 0 Å². The monoisotopic (exact) mass is 377 g/mol. The number of hydrogen-bond acceptors (Lipinski definition) is 5. The van der Waals surface area contributed by atoms with Crippen LogP contribution in [0.25, 0.3) is 0 Å². The number of amides is 1. The predicted molar refractivity (Wildman–Crippen MR) is 105 cm³/mol. The van der Waals surface area contributed by atoms with Crippen molar-refractivity contribution in [1.29, 1.82) is 0 Å². The van der Waals surface area contributed by atoms with Crippen LogP contribution in [0.2, 0.25) is 0 Å². The molecule has 0 radical (unpaired) electrons. The van der Waals surface area contributed by atoms with Gasteiger partial charge in [-0.1, -0.05) is 47.6 Å². The number of fused-ring (bicyclic) bond motifs is 2. The van der Waals surface area contributed by atoms with E-state index in [2.05, 4.69) is 28.3 Å². The minimum atomic E-state index is -0.234. The standard InChI is InChI=1S/C22H23N3O3/c1-15(27-2)22-23-20(28-24-22)11-12-21(26)25-14-18-9-4-3-7-16(18)13-17-8-5-6-10-19(17)25/h3-10,15H,11-14H2,1-2H3. The molecule has 0 saturated heterocycles. The summed E-state index contributed by atoms with van der Waals surface area (Å²) >= 11 is 0. The first-order valence-corrected chi connectivity index (χ1v) is 9.46. The number of aryl methyl sites for hydroxylation is 1. The highest BCUT2D eigenvalue weighted by atomic mass is 16.5. The number of aromatic nitrogens is 2. The largest absolute Gasteiger partial charge is 0.374 e. The van der Waals surface area contributed by atoms with Crippen LogP contribution in [-0.2, 0) is 28.9 Å². The highest BCUT2D eigenvalue weighted by molar-refractivity contribution is 5.94. The van der Waals surface area contributed by atoms with Crippen LogP contribution in [0, 0.1) is 0 Å². The fourth-order valence-electron chi connectivity index (χ4n) is 3.48. The van der Waals surface area contributed by atoms with Gasteiger partial charge in [0.1, 0.15) is 6.10 Å². The van der Waals surface area contributed by atoms with Crippen LogP contribution in [0.3, 0.4) is 0 Å². The molecule has 0 fully saturated rings. The molecule has 0 aliphatic carbocycles. The topological polar surface area (TPSA) is 68.5 Å². The molecule has 1 amide bonds. The number of hydrogen-bond donors (Lipinski definition) is 0. The lowest BCUT2D eigenvalue weighted by Crippen LogP contribution is -2.30. The Morgan fingerprint density at radius 3 is 2.64 bits per heavy atom. The molecule has 1 aromatic heterocycles. The van der Waals surface area contributed by atoms with Gasteiger partial charge < -0.3 is 14.2 Å². The summed E-state index contributed by atoms with van der Waals surface area (Å²) in [6.07, 6.45) is 1.31. The maximum atomic E-state index is 13.1. The van der Waals surface area contributed by atoms with Crippen LogP contribution in [0.5, 0.6) is 0 Å². The summed E-state index contributed by atoms with van der Waals surface area (Å²) in [6.45, 7) is 2.42. The normalized spacial score (nSPS) is 14.1. The van der Waals surface area contributed by atoms with E-state index in [0.29, 0.717) is 31.1 Å². The maximum Gasteiger partial charge on any atom is 0.227 e. The Labute approximate surface area is 164 Å². The Bertz CT molecular complexity index is 982. The van der Waals surface area contributed by atoms with Gasteiger partial charge in [-0.3, -0.25) is 4.79 Å². The van der Waals surface area contributed by atoms with Gasteiger partial charge in [-0.15, -0.1) is 0 Å². The van der Waals surface area contributed by atoms with Gasteiger partial charge in [0.05, 0.1) is 6.54 Å². The summed E-state index contributed by atoms with van der Waals surface area (Å²) in [5, 5.41) is 3.92. The Hall–Kier alpha value is -2.99. The van der Waals surface area contributed by atoms with Crippen molar-refractivity contribution in [2.45, 2.75) is 38.8 Å². The Balaban J connectivity index is 1.54. The second-order valence-electron chi connectivity index (χ2n) is 6.98. The molecule has 0 saturated carbocycles. The molecule has 2 heterocycles. The Morgan fingerprint density at radius 1 is 1.14 bits per heavy atom. The van der Waals surface area contributed by atoms with Crippen LogP contribution in [0.1, 0.15) is 47.9 Å². The molecule has 144 valence electrons. The third kappa shape index (κ3) is 3.68. The van der Waals surface area contributed by atoms with E-state index in [0.717, 1.165) is 17.7 Å². The number of ether oxygens (including phenoxy) is 1. The quantitative estimate of drug-likeness (QED) is 0.676. The van der Waals surface area contributed by atoms with Crippen molar-refractivity contribution in [3.8, 4) is 0 Å². The van der Waals surface area contributed by atoms with Crippen LogP contribution in [-0.4, -0.2) is 23.2 Å². The second-order valence-corrected chi connectivity index (χ2v) is 6.98. The van der Waals surface area contributed by atoms with E-state index in [9.17, 15) is 4.79 Å². The van der Waals surface area contributed by atoms with Crippen molar-refractivity contribution in [1.82, 2.24) is 10.1 Å². The zero-order chi connectivity index (χ0) is 19.5. The van der Waals surface area contributed by atoms with E-state index in [1.165, 1.54) is 11.1 Å². The molecular weight excluding hydrogens is 354 g/mol. The molecular formula is C22H23N3O3. The molecule has 1 atom stereocenters. The van der Waals surface area contributed by atoms with Gasteiger partial charge in [0.15, 0.2) is 5.82 Å². The van der Waals surface area contributed by atoms with Crippen molar-refractivity contribution in [3.63, 3.8) is 0 Å². The van der Waals surface area contributed by atoms with E-state index in [1.807, 2.05) is 42.2 Å². The van der Waals surface area contributed by atoms with E-state index in [1.54, 1.807) is 7.11 Å². The maximum absolute atomic E-state index is 13.1. The molecule has 6 nitrogen and oxygen atoms in total. The molecule has 2 aromatic carbocycles. The lowest BCUT2D eigenvalue weighted by atomic mass is 10.0. The Kier molecular flexibility index (Phi) is 5.21. The van der Waals surface area contributed by atoms with Gasteiger partial charge in [0.2, 0.25) is 11.8 Å². The summed E-state index contributed by atoms with van der Waals surface area (Å²) in [6, 6.07) is 16.4. The zero-order valence-corrected chi connectivity index (χ0v) is 16.1. The first kappa shape index (κ1) is 18.4. The molecule has 0 N–H and O–H groups in total. The van der Waals surface area contributed by atoms with E-state index in [-0.39, 0.29) is 12.0 Å². The molecule has 1 aliphatic heterocycles. The summed E-state index contributed by atoms with van der Waals surface area (Å²) in [5.74, 6) is 0.999. The number of carbonyl (C=O) groups is 1. The minimum Gasteiger partial charge on any atom is -0.374 e. The Morgan fingerprint density at radius 2 is 1.86 bits per heavy atom. The summed E-state index contributed by atoms with van der Waals surface area (Å²) in [7, 11) is 1.60. The lowest BCUT2D eigenvalue weighted by Gasteiger charge is -2.23. The van der Waals surface area contributed by atoms with Crippen molar-refractivity contribution >= 4 is 11.6 Å². The average molecular weight is 377 g/mol. The lowest BCUT2D eigenvalue weighted by molar-refractivity contribution is -0.118. The van der Waals surface area contributed by atoms with Crippen LogP contribution in [0.4, 0.5) is 5.69 Å². The molecule has 1 unspecified atom stereocenters. The van der Waals surface area contributed by atoms with E-state index < -0.39 is 0 Å². The SMILES string of the molecule is COC(C)c1noc(CCC(=O)N2Cc3ccccc3Cc3ccccc32)n1. The molecule has 0 spiro atoms. The van der Waals surface area contributed by atoms with Crippen LogP contribution in [0.15, 0.2) is 53.1 Å². The molecule has 6 heteroatoms. The van der Waals surface area contributed by atoms with Gasteiger partial charge in [-0.2, -0.15) is 4.98 Å². The second kappa shape index (κ2) is 7.94. The smallest absolute Gasteiger partial charge is 0.227 e. The van der Waals surface area contributed by atoms with Crippen molar-refractivity contribution in [3.05, 3.63) is 76.9 Å². The number of carbonyl (C=O) groups excluding carboxylic acids is 1. The van der Waals surface area contributed by atoms with E-state index >= 15 is 0 Å². The van der Waals surface area contributed by atoms with Gasteiger partial charge in [-0.25, -0.2) is 0 Å². The van der Waals surface area contributed by atoms with Crippen molar-refractivity contribution in [2.24, 2.45) is 0 Å². The third-order valence-corrected chi connectivity index (χ3v) is 5.16. The number of anilines is 1. The predicted octanol–water partition coefficient (Wildman–Crippen LogP) is 3.85. The molecule has 1 aliphatic rings. The number of benzene rings is 2. The molecule has 28 heavy (non-hydrogen) atoms. The molecule has 0 bridgehead atoms. The molecule has 4 rings (SSSR count). The highest BCUT2D eigenvalue weighted by Crippen LogP contribution is 2.31. The summed E-state index contributed by atoms with van der Waals surface area (Å²) in [5.41, 5.74) is 4.58. The highest BCUT2D eigenvalue weighted by Gasteiger charge is 2.24. The first-order valence-electron chi connectivity index (χ1n) is 9.46. The third-order valence-electron chi connectivity index (χ3n) is 5.16. The van der Waals surface area contributed by atoms with Crippen LogP contribution >= 0.6 is 0 Å². The number of rotatable bonds is 5. The minimum absolute atomic E-state index is 0.0451. The number of nitrogens with zero attached hydrogens (tertiary/aromatic N) is 3. The summed E-state index contributed by atoms with van der Waals surface area (Å²) < 4.78 is 10.5. The zero-order valence-electron chi connectivity index (χ0n) is 16.1. The fourth-order valence-corrected chi connectivity index (χ4v) is 3.48. The average Bonchev–Trinajstić information content (AvgIpc) is 3.13. The van der Waals surface area contributed by atoms with Crippen molar-refractivity contribution < 1.29 is 14.1 Å². The first-order chi connectivity index (χ1) is 13.7. The summed E-state index contributed by atoms with van der Waals surface area (Å²) in [4.78, 5) is 19.3. The van der Waals surface area contributed by atoms with Gasteiger partial charge in [-0.05, 0) is 36.1 Å². The van der Waals surface area contributed by atoms with E-state index in [4.69, 9.17) is 9.26 Å². The fraction of sp³-hybridized carbons (Fsp3) is 0.318. The van der Waals surface area contributed by atoms with Crippen molar-refractivity contribution in [2.75, 3.05) is 12.0 Å². The number of para-hydroxylation sites is 1. The van der Waals surface area contributed by atoms with Gasteiger partial charge >= 0.3 is 0 Å².